The quantitative estimate of drug-likeness (QED) is 0.00321. The molecular weight excluding hydrogens is 2070 g/mol. The van der Waals surface area contributed by atoms with E-state index in [9.17, 15) is 45.8 Å². The zero-order valence-electron chi connectivity index (χ0n) is 86.4. The molecule has 19 N–H and O–H groups in total. The van der Waals surface area contributed by atoms with Gasteiger partial charge in [0.25, 0.3) is 19.4 Å². The number of halogens is 10. The lowest BCUT2D eigenvalue weighted by Gasteiger charge is -2.11. The summed E-state index contributed by atoms with van der Waals surface area (Å²) in [5.41, 5.74) is 62.3. The average molecular weight is 2220 g/mol. The molecule has 0 radical (unpaired) electrons. The summed E-state index contributed by atoms with van der Waals surface area (Å²) in [6, 6.07) is 71.7. The minimum Gasteiger partial charge on any atom is -0.491 e. The maximum Gasteiger partial charge on any atom is 0.294 e. The number of nitrogens with zero attached hydrogens (tertiary/aromatic N) is 5. The first-order valence-electron chi connectivity index (χ1n) is 47.8. The maximum atomic E-state index is 12.0. The van der Waals surface area contributed by atoms with E-state index in [0.29, 0.717) is 172 Å². The van der Waals surface area contributed by atoms with Gasteiger partial charge >= 0.3 is 0 Å². The van der Waals surface area contributed by atoms with E-state index in [4.69, 9.17) is 98.8 Å². The first-order chi connectivity index (χ1) is 70.8. The Hall–Kier alpha value is -12.4. The van der Waals surface area contributed by atoms with E-state index >= 15 is 0 Å². The second kappa shape index (κ2) is 83.5. The molecule has 0 saturated carbocycles. The predicted molar refractivity (Wildman–Crippen MR) is 598 cm³/mol. The Morgan fingerprint density at radius 1 is 0.392 bits per heavy atom. The monoisotopic (exact) mass is 2210 g/mol. The Kier molecular flexibility index (Phi) is 75.4. The molecule has 36 heteroatoms. The number of aliphatic imine (C=N–C) groups is 5. The molecule has 0 spiro atoms. The lowest BCUT2D eigenvalue weighted by atomic mass is 10.0. The fourth-order valence-corrected chi connectivity index (χ4v) is 13.4. The number of benzene rings is 10. The standard InChI is InChI=1S/C14H20FNO2.C12H16ClFN2.C12H17FN2.C11H14BrFN2O.C11H14BrN.C11H14ClFN2O.C11H15FN2O.3C10H13NO2/c1-11(16)2-7-14(17)13-5-3-12(4-6-13)10-18-9-8-15;1-9(15)16-8-10-4-5-11(3-2-6-14)12(13)7-10;1-10(14)15-9-12-5-2-4-11(8-12)6-3-7-13;1-8(14)15-7-9-2-3-11(10(12)6-9)16-5-4-13;1-9(13)3-2-4-10-5-7-11(12)8-6-10;1-8(14)15-7-9-2-3-11(10(12)6-9)16-5-4-13;1-9(13)14-8-10-2-4-11(5-3-10)15-7-6-12;3*1-8-2-4-9(5-3-8)6-10(11)13-7-12/h3-6,14,16-17H,2,7-10H2,1H3;4-5,7H,2-3,6,8H2,1H3,(H2,15,16);2,4-5,8H,3,6-7,9H2,1H3,(H2,14,15);2-3,6H,4-5,7H2,1H3,(H2,14,15);5-8,13H,2-4H2,1H3;2-3,6H,4-5,7H2,1H3,(H2,14,15);2-5H,6-8H2,1H3,(H2,13,14);3*2-5,7,10H,6,11H2,1H3/t;;;;;;;3*10-/m.......000/s1/i15-1;14-1;2*13-1;12-4;13-1;12-1;;;. The van der Waals surface area contributed by atoms with Crippen LogP contribution in [0, 0.1) is 31.6 Å². The number of nitrogens with two attached hydrogens (primary N) is 8. The van der Waals surface area contributed by atoms with Gasteiger partial charge < -0.3 is 77.8 Å². The van der Waals surface area contributed by atoms with Crippen LogP contribution in [0.25, 0.3) is 0 Å². The molecule has 0 fully saturated rings. The number of rotatable bonds is 49. The lowest BCUT2D eigenvalue weighted by Crippen LogP contribution is -2.25. The molecule has 148 heavy (non-hydrogen) atoms. The van der Waals surface area contributed by atoms with Gasteiger partial charge in [-0.05, 0) is 270 Å². The summed E-state index contributed by atoms with van der Waals surface area (Å²) in [7, 11) is 0. The molecule has 10 aromatic rings. The van der Waals surface area contributed by atoms with Crippen LogP contribution in [0.5, 0.6) is 17.2 Å². The first-order valence-corrected chi connectivity index (χ1v) is 50.1. The fourth-order valence-electron chi connectivity index (χ4n) is 12.1. The molecule has 10 rings (SSSR count). The minimum absolute atomic E-state index is 0.0130. The van der Waals surface area contributed by atoms with E-state index < -0.39 is 51.5 Å². The van der Waals surface area contributed by atoms with Crippen LogP contribution in [-0.4, -0.2) is 150 Å². The molecule has 26 nitrogen and oxygen atoms in total. The number of carbonyl (C=O) groups excluding carboxylic acids is 3. The van der Waals surface area contributed by atoms with Gasteiger partial charge in [0, 0.05) is 40.2 Å². The summed E-state index contributed by atoms with van der Waals surface area (Å²) >= 11 is 18.8. The molecule has 0 amide bonds. The number of aliphatic hydroxyl groups excluding tert-OH is 1. The Morgan fingerprint density at radius 3 is 1.14 bits per heavy atom. The third-order valence-corrected chi connectivity index (χ3v) is 21.5. The van der Waals surface area contributed by atoms with Crippen molar-refractivity contribution in [3.8, 4) is 17.2 Å². The second-order valence-electron chi connectivity index (χ2n) is 33.4. The van der Waals surface area contributed by atoms with Gasteiger partial charge in [-0.3, -0.25) is 65.3 Å². The van der Waals surface area contributed by atoms with Crippen LogP contribution in [0.3, 0.4) is 0 Å². The third-order valence-electron chi connectivity index (χ3n) is 19.7. The van der Waals surface area contributed by atoms with Crippen LogP contribution >= 0.6 is 55.1 Å². The number of amidine groups is 5. The summed E-state index contributed by atoms with van der Waals surface area (Å²) in [6.45, 7) is 20.4. The maximum absolute atomic E-state index is 12.0. The highest BCUT2D eigenvalue weighted by Gasteiger charge is 2.12. The Morgan fingerprint density at radius 2 is 0.743 bits per heavy atom. The smallest absolute Gasteiger partial charge is 0.294 e. The molecule has 0 bridgehead atoms. The molecule has 0 aromatic heterocycles. The van der Waals surface area contributed by atoms with Gasteiger partial charge in [-0.1, -0.05) is 226 Å². The van der Waals surface area contributed by atoms with Gasteiger partial charge in [0.15, 0.2) is 18.7 Å². The van der Waals surface area contributed by atoms with Gasteiger partial charge in [-0.15, -0.1) is 0 Å². The normalized spacial score (nSPS) is 11.7. The van der Waals surface area contributed by atoms with Crippen molar-refractivity contribution >= 4 is 115 Å². The molecule has 808 valence electrons. The van der Waals surface area contributed by atoms with Crippen molar-refractivity contribution in [2.45, 2.75) is 210 Å². The van der Waals surface area contributed by atoms with Gasteiger partial charge in [-0.25, -0.2) is 17.6 Å². The highest BCUT2D eigenvalue weighted by Crippen LogP contribution is 2.29. The van der Waals surface area contributed by atoms with Gasteiger partial charge in [0.2, 0.25) is 0 Å². The molecule has 0 aliphatic rings. The van der Waals surface area contributed by atoms with Crippen molar-refractivity contribution in [3.05, 3.63) is 332 Å². The number of nitrogens with one attached hydrogen (secondary N) is 2. The summed E-state index contributed by atoms with van der Waals surface area (Å²) in [5.74, 6) is 4.56. The molecule has 10 aromatic carbocycles. The number of aliphatic hydroxyl groups is 1. The van der Waals surface area contributed by atoms with Crippen LogP contribution in [0.1, 0.15) is 182 Å². The highest BCUT2D eigenvalue weighted by molar-refractivity contribution is 9.10. The van der Waals surface area contributed by atoms with E-state index in [1.165, 1.54) is 22.3 Å². The van der Waals surface area contributed by atoms with Crippen molar-refractivity contribution in [1.29, 1.82) is 10.8 Å². The van der Waals surface area contributed by atoms with Crippen LogP contribution in [0.4, 0.5) is 26.3 Å². The van der Waals surface area contributed by atoms with Gasteiger partial charge in [-0.2, -0.15) is 0 Å². The first kappa shape index (κ1) is 134. The number of carbonyl (C=O) groups is 3. The minimum atomic E-state index is -0.541. The molecule has 0 aliphatic carbocycles. The van der Waals surface area contributed by atoms with Crippen molar-refractivity contribution in [1.82, 2.24) is 0 Å². The average Bonchev–Trinajstić information content (AvgIpc) is 0.869. The van der Waals surface area contributed by atoms with Crippen LogP contribution in [0.15, 0.2) is 258 Å². The summed E-state index contributed by atoms with van der Waals surface area (Å²) in [5, 5.41) is 25.6. The highest BCUT2D eigenvalue weighted by atomic mass is 79.9. The van der Waals surface area contributed by atoms with E-state index in [1.54, 1.807) is 71.9 Å². The van der Waals surface area contributed by atoms with Crippen LogP contribution in [-0.2, 0) is 111 Å². The number of aryl methyl sites for hydroxylation is 6. The van der Waals surface area contributed by atoms with E-state index in [0.717, 1.165) is 107 Å². The number of alkyl halides is 6. The number of ether oxygens (including phenoxy) is 7. The fraction of sp³-hybridized carbons (Fsp3) is 0.375. The lowest BCUT2D eigenvalue weighted by molar-refractivity contribution is -0.134. The molecule has 0 aliphatic heterocycles. The largest absolute Gasteiger partial charge is 0.491 e. The summed E-state index contributed by atoms with van der Waals surface area (Å²) in [4.78, 5) is 50.4. The SMILES string of the molecule is CC(=N)CCC(O)c1ccc(COCC[18F])cc1.CC(=N)CCCc1ccc([76Br])cc1.CC(N)=NCc1ccc(CCC[18F])c(Cl)c1.CC(N)=NCc1ccc(OCC[18F])c(Br)c1.CC(N)=NCc1ccc(OCC[18F])c(Cl)c1.CC(N)=NCc1ccc(OCC[18F])cc1.CC(N)=NCc1cccc(CCC[18F])c1.Cc1ccc(C[C@@H](N)OC=O)cc1.Cc1ccc(C[C@@H](N)OC=O)cc1.Cc1ccc(C[C@@H](N)OC=O)cc1. The van der Waals surface area contributed by atoms with Crippen molar-refractivity contribution in [2.75, 3.05) is 66.5 Å². The Bertz CT molecular complexity index is 5150. The van der Waals surface area contributed by atoms with Crippen molar-refractivity contribution in [2.24, 2.45) is 70.8 Å². The zero-order chi connectivity index (χ0) is 110. The molecule has 0 saturated heterocycles. The predicted octanol–water partition coefficient (Wildman–Crippen LogP) is 22.6. The van der Waals surface area contributed by atoms with E-state index in [1.807, 2.05) is 191 Å². The van der Waals surface area contributed by atoms with E-state index in [-0.39, 0.29) is 39.8 Å². The summed E-state index contributed by atoms with van der Waals surface area (Å²) < 4.78 is 108. The second-order valence-corrected chi connectivity index (χ2v) is 35.9. The van der Waals surface area contributed by atoms with Gasteiger partial charge in [0.1, 0.15) is 63.8 Å². The van der Waals surface area contributed by atoms with E-state index in [2.05, 4.69) is 101 Å². The third kappa shape index (κ3) is 70.5. The molecule has 4 atom stereocenters. The summed E-state index contributed by atoms with van der Waals surface area (Å²) in [6.07, 6.45) is 6.29. The molecular formula is C112H149Br2Cl2F6N15O11. The Balaban J connectivity index is 0.000000824. The van der Waals surface area contributed by atoms with Gasteiger partial charge in [0.05, 0.1) is 104 Å². The molecule has 1 unspecified atom stereocenters. The number of hydrogen-bond acceptors (Lipinski definition) is 21. The topological polar surface area (TPSA) is 454 Å². The van der Waals surface area contributed by atoms with Crippen LogP contribution < -0.4 is 60.1 Å². The van der Waals surface area contributed by atoms with Crippen molar-refractivity contribution in [3.63, 3.8) is 0 Å². The van der Waals surface area contributed by atoms with Crippen molar-refractivity contribution < 1.29 is 79.0 Å². The van der Waals surface area contributed by atoms with Crippen LogP contribution in [0.2, 0.25) is 10.0 Å². The zero-order valence-corrected chi connectivity index (χ0v) is 91.1. The molecule has 0 heterocycles. The number of hydrogen-bond donors (Lipinski definition) is 11. The Labute approximate surface area is 896 Å².